The zero-order valence-electron chi connectivity index (χ0n) is 13.1. The highest BCUT2D eigenvalue weighted by atomic mass is 19.2. The molecule has 1 heterocycles. The maximum Gasteiger partial charge on any atom is 0.263 e. The molecule has 2 N–H and O–H groups in total. The highest BCUT2D eigenvalue weighted by molar-refractivity contribution is 5.83. The number of hydrogen-bond acceptors (Lipinski definition) is 3. The lowest BCUT2D eigenvalue weighted by Gasteiger charge is -2.38. The van der Waals surface area contributed by atoms with Gasteiger partial charge in [-0.2, -0.15) is 0 Å². The van der Waals surface area contributed by atoms with Crippen LogP contribution in [0.3, 0.4) is 0 Å². The van der Waals surface area contributed by atoms with Crippen LogP contribution in [-0.4, -0.2) is 35.4 Å². The second-order valence-electron chi connectivity index (χ2n) is 5.85. The lowest BCUT2D eigenvalue weighted by molar-refractivity contribution is -0.143. The van der Waals surface area contributed by atoms with Crippen LogP contribution in [0.4, 0.5) is 8.78 Å². The first-order valence-electron chi connectivity index (χ1n) is 7.51. The third-order valence-corrected chi connectivity index (χ3v) is 4.12. The first-order valence-corrected chi connectivity index (χ1v) is 7.51. The zero-order chi connectivity index (χ0) is 17.1. The summed E-state index contributed by atoms with van der Waals surface area (Å²) in [5.74, 6) is -3.06. The lowest BCUT2D eigenvalue weighted by Crippen LogP contribution is -2.52. The Labute approximate surface area is 133 Å². The quantitative estimate of drug-likeness (QED) is 0.918. The molecule has 2 amide bonds. The Bertz CT molecular complexity index is 609. The molecule has 0 bridgehead atoms. The number of primary amides is 1. The Morgan fingerprint density at radius 3 is 2.61 bits per heavy atom. The van der Waals surface area contributed by atoms with Gasteiger partial charge in [-0.1, -0.05) is 0 Å². The molecule has 2 rings (SSSR count). The third-order valence-electron chi connectivity index (χ3n) is 4.12. The van der Waals surface area contributed by atoms with Crippen molar-refractivity contribution in [1.29, 1.82) is 0 Å². The highest BCUT2D eigenvalue weighted by Crippen LogP contribution is 2.24. The molecule has 1 aliphatic heterocycles. The van der Waals surface area contributed by atoms with E-state index in [1.807, 2.05) is 6.92 Å². The Morgan fingerprint density at radius 2 is 2.00 bits per heavy atom. The Hall–Kier alpha value is -2.18. The zero-order valence-corrected chi connectivity index (χ0v) is 13.1. The number of nitrogens with zero attached hydrogens (tertiary/aromatic N) is 1. The number of likely N-dealkylation sites (tertiary alicyclic amines) is 1. The van der Waals surface area contributed by atoms with Gasteiger partial charge in [-0.25, -0.2) is 8.78 Å². The molecule has 126 valence electrons. The number of carbonyl (C=O) groups is 2. The number of halogens is 2. The van der Waals surface area contributed by atoms with Gasteiger partial charge in [-0.05, 0) is 38.8 Å². The van der Waals surface area contributed by atoms with E-state index in [2.05, 4.69) is 0 Å². The maximum atomic E-state index is 13.2. The molecular weight excluding hydrogens is 306 g/mol. The summed E-state index contributed by atoms with van der Waals surface area (Å²) >= 11 is 0. The van der Waals surface area contributed by atoms with E-state index in [0.29, 0.717) is 12.8 Å². The summed E-state index contributed by atoms with van der Waals surface area (Å²) in [6.45, 7) is 3.67. The number of hydrogen-bond donors (Lipinski definition) is 1. The van der Waals surface area contributed by atoms with Crippen LogP contribution < -0.4 is 10.5 Å². The van der Waals surface area contributed by atoms with Gasteiger partial charge < -0.3 is 15.4 Å². The Balaban J connectivity index is 2.05. The number of piperidine rings is 1. The van der Waals surface area contributed by atoms with Crippen molar-refractivity contribution < 1.29 is 23.1 Å². The van der Waals surface area contributed by atoms with Gasteiger partial charge >= 0.3 is 0 Å². The largest absolute Gasteiger partial charge is 0.481 e. The van der Waals surface area contributed by atoms with Crippen LogP contribution in [-0.2, 0) is 9.59 Å². The van der Waals surface area contributed by atoms with Crippen LogP contribution >= 0.6 is 0 Å². The maximum absolute atomic E-state index is 13.2. The van der Waals surface area contributed by atoms with Gasteiger partial charge in [-0.3, -0.25) is 9.59 Å². The smallest absolute Gasteiger partial charge is 0.263 e. The van der Waals surface area contributed by atoms with Crippen molar-refractivity contribution in [3.8, 4) is 5.75 Å². The standard InChI is InChI=1S/C16H20F2N2O3/c1-9-3-4-11(15(19)21)8-20(9)16(22)10(2)23-12-5-6-13(17)14(18)7-12/h5-7,9-11H,3-4,8H2,1-2H3,(H2,19,21)/t9-,10-,11-/m0/s1. The molecule has 23 heavy (non-hydrogen) atoms. The van der Waals surface area contributed by atoms with Gasteiger partial charge in [0, 0.05) is 18.7 Å². The number of benzene rings is 1. The molecule has 0 spiro atoms. The van der Waals surface area contributed by atoms with Crippen molar-refractivity contribution >= 4 is 11.8 Å². The summed E-state index contributed by atoms with van der Waals surface area (Å²) in [6.07, 6.45) is 0.449. The summed E-state index contributed by atoms with van der Waals surface area (Å²) in [5, 5.41) is 0. The van der Waals surface area contributed by atoms with Gasteiger partial charge in [0.05, 0.1) is 5.92 Å². The predicted octanol–water partition coefficient (Wildman–Crippen LogP) is 1.84. The lowest BCUT2D eigenvalue weighted by atomic mass is 9.92. The second-order valence-corrected chi connectivity index (χ2v) is 5.85. The first-order chi connectivity index (χ1) is 10.8. The van der Waals surface area contributed by atoms with Gasteiger partial charge in [-0.15, -0.1) is 0 Å². The highest BCUT2D eigenvalue weighted by Gasteiger charge is 2.34. The van der Waals surface area contributed by atoms with Gasteiger partial charge in [0.1, 0.15) is 5.75 Å². The number of nitrogens with two attached hydrogens (primary N) is 1. The summed E-state index contributed by atoms with van der Waals surface area (Å²) < 4.78 is 31.5. The van der Waals surface area contributed by atoms with Gasteiger partial charge in [0.15, 0.2) is 17.7 Å². The Kier molecular flexibility index (Phi) is 5.18. The van der Waals surface area contributed by atoms with Gasteiger partial charge in [0.2, 0.25) is 5.91 Å². The van der Waals surface area contributed by atoms with Crippen LogP contribution in [0.15, 0.2) is 18.2 Å². The fraction of sp³-hybridized carbons (Fsp3) is 0.500. The summed E-state index contributed by atoms with van der Waals surface area (Å²) in [6, 6.07) is 3.06. The molecule has 1 fully saturated rings. The van der Waals surface area contributed by atoms with E-state index in [0.717, 1.165) is 12.1 Å². The molecular formula is C16H20F2N2O3. The second kappa shape index (κ2) is 6.93. The van der Waals surface area contributed by atoms with Crippen LogP contribution in [0, 0.1) is 17.6 Å². The van der Waals surface area contributed by atoms with Crippen molar-refractivity contribution in [2.24, 2.45) is 11.7 Å². The monoisotopic (exact) mass is 326 g/mol. The minimum absolute atomic E-state index is 0.0332. The molecule has 0 aliphatic carbocycles. The van der Waals surface area contributed by atoms with E-state index in [4.69, 9.17) is 10.5 Å². The van der Waals surface area contributed by atoms with Crippen molar-refractivity contribution in [2.75, 3.05) is 6.54 Å². The van der Waals surface area contributed by atoms with Crippen molar-refractivity contribution in [2.45, 2.75) is 38.8 Å². The average Bonchev–Trinajstić information content (AvgIpc) is 2.50. The topological polar surface area (TPSA) is 72.6 Å². The van der Waals surface area contributed by atoms with Crippen LogP contribution in [0.1, 0.15) is 26.7 Å². The molecule has 0 unspecified atom stereocenters. The minimum Gasteiger partial charge on any atom is -0.481 e. The summed E-state index contributed by atoms with van der Waals surface area (Å²) in [5.41, 5.74) is 5.32. The van der Waals surface area contributed by atoms with E-state index < -0.39 is 23.6 Å². The van der Waals surface area contributed by atoms with E-state index in [-0.39, 0.29) is 30.2 Å². The number of ether oxygens (including phenoxy) is 1. The third kappa shape index (κ3) is 3.97. The molecule has 1 saturated heterocycles. The van der Waals surface area contributed by atoms with Crippen molar-refractivity contribution in [3.05, 3.63) is 29.8 Å². The molecule has 0 radical (unpaired) electrons. The molecule has 1 aliphatic rings. The average molecular weight is 326 g/mol. The molecule has 0 saturated carbocycles. The van der Waals surface area contributed by atoms with Crippen molar-refractivity contribution in [3.63, 3.8) is 0 Å². The molecule has 7 heteroatoms. The van der Waals surface area contributed by atoms with Gasteiger partial charge in [0.25, 0.3) is 5.91 Å². The van der Waals surface area contributed by atoms with E-state index in [1.54, 1.807) is 4.90 Å². The molecule has 1 aromatic carbocycles. The molecule has 1 aromatic rings. The Morgan fingerprint density at radius 1 is 1.30 bits per heavy atom. The fourth-order valence-electron chi connectivity index (χ4n) is 2.68. The SMILES string of the molecule is C[C@H](Oc1ccc(F)c(F)c1)C(=O)N1C[C@@H](C(N)=O)CC[C@@H]1C. The fourth-order valence-corrected chi connectivity index (χ4v) is 2.68. The normalized spacial score (nSPS) is 22.5. The van der Waals surface area contributed by atoms with Crippen LogP contribution in [0.25, 0.3) is 0 Å². The van der Waals surface area contributed by atoms with E-state index in [1.165, 1.54) is 13.0 Å². The van der Waals surface area contributed by atoms with E-state index >= 15 is 0 Å². The van der Waals surface area contributed by atoms with Crippen molar-refractivity contribution in [1.82, 2.24) is 4.90 Å². The number of amides is 2. The van der Waals surface area contributed by atoms with Crippen LogP contribution in [0.2, 0.25) is 0 Å². The number of rotatable bonds is 4. The molecule has 5 nitrogen and oxygen atoms in total. The van der Waals surface area contributed by atoms with E-state index in [9.17, 15) is 18.4 Å². The minimum atomic E-state index is -1.04. The summed E-state index contributed by atoms with van der Waals surface area (Å²) in [7, 11) is 0. The summed E-state index contributed by atoms with van der Waals surface area (Å²) in [4.78, 5) is 25.4. The predicted molar refractivity (Wildman–Crippen MR) is 79.5 cm³/mol. The van der Waals surface area contributed by atoms with Crippen LogP contribution in [0.5, 0.6) is 5.75 Å². The number of carbonyl (C=O) groups excluding carboxylic acids is 2. The first kappa shape index (κ1) is 17.2. The molecule has 3 atom stereocenters. The molecule has 0 aromatic heterocycles.